The topological polar surface area (TPSA) is 67.4 Å². The van der Waals surface area contributed by atoms with Gasteiger partial charge in [0, 0.05) is 18.5 Å². The molecule has 1 amide bonds. The normalized spacial score (nSPS) is 14.1. The lowest BCUT2D eigenvalue weighted by atomic mass is 10.1. The van der Waals surface area contributed by atoms with Crippen molar-refractivity contribution in [2.24, 2.45) is 0 Å². The van der Waals surface area contributed by atoms with Crippen LogP contribution in [0.25, 0.3) is 21.5 Å². The number of fused-ring (bicyclic) bond motifs is 1. The quantitative estimate of drug-likeness (QED) is 0.532. The first-order valence-corrected chi connectivity index (χ1v) is 10.7. The van der Waals surface area contributed by atoms with Gasteiger partial charge >= 0.3 is 0 Å². The van der Waals surface area contributed by atoms with Crippen molar-refractivity contribution in [3.63, 3.8) is 0 Å². The standard InChI is InChI=1S/C23H20N4O2S/c28-23(26-22-8-7-16(15-24-22)27-9-11-29-12-10-27)18-14-20(21-6-3-13-30-21)25-19-5-2-1-4-17(18)19/h1-8,13-15H,9-12H2,(H,24,26,28). The molecule has 3 aromatic heterocycles. The number of benzene rings is 1. The van der Waals surface area contributed by atoms with Crippen molar-refractivity contribution >= 4 is 39.7 Å². The van der Waals surface area contributed by atoms with Crippen LogP contribution in [0, 0.1) is 0 Å². The van der Waals surface area contributed by atoms with Gasteiger partial charge in [-0.05, 0) is 35.7 Å². The van der Waals surface area contributed by atoms with Crippen LogP contribution in [0.5, 0.6) is 0 Å². The number of para-hydroxylation sites is 1. The number of anilines is 2. The molecule has 0 atom stereocenters. The van der Waals surface area contributed by atoms with E-state index in [0.717, 1.165) is 53.5 Å². The van der Waals surface area contributed by atoms with Gasteiger partial charge in [-0.25, -0.2) is 9.97 Å². The van der Waals surface area contributed by atoms with Crippen molar-refractivity contribution in [2.45, 2.75) is 0 Å². The van der Waals surface area contributed by atoms with E-state index in [1.54, 1.807) is 17.5 Å². The molecule has 0 saturated carbocycles. The average molecular weight is 417 g/mol. The van der Waals surface area contributed by atoms with Crippen LogP contribution in [-0.4, -0.2) is 42.2 Å². The number of hydrogen-bond donors (Lipinski definition) is 1. The fourth-order valence-corrected chi connectivity index (χ4v) is 4.25. The number of aromatic nitrogens is 2. The van der Waals surface area contributed by atoms with Crippen molar-refractivity contribution in [3.05, 3.63) is 71.7 Å². The molecule has 6 nitrogen and oxygen atoms in total. The molecule has 1 N–H and O–H groups in total. The molecule has 1 aromatic carbocycles. The summed E-state index contributed by atoms with van der Waals surface area (Å²) >= 11 is 1.60. The summed E-state index contributed by atoms with van der Waals surface area (Å²) < 4.78 is 5.39. The zero-order valence-corrected chi connectivity index (χ0v) is 17.1. The Bertz CT molecular complexity index is 1170. The predicted octanol–water partition coefficient (Wildman–Crippen LogP) is 4.45. The molecule has 0 aliphatic carbocycles. The monoisotopic (exact) mass is 416 g/mol. The third-order valence-corrected chi connectivity index (χ3v) is 5.99. The SMILES string of the molecule is O=C(Nc1ccc(N2CCOCC2)cn1)c1cc(-c2cccs2)nc2ccccc12. The first-order valence-electron chi connectivity index (χ1n) is 9.82. The van der Waals surface area contributed by atoms with E-state index in [2.05, 4.69) is 15.2 Å². The molecule has 1 aliphatic rings. The highest BCUT2D eigenvalue weighted by molar-refractivity contribution is 7.13. The molecular formula is C23H20N4O2S. The minimum absolute atomic E-state index is 0.196. The number of hydrogen-bond acceptors (Lipinski definition) is 6. The highest BCUT2D eigenvalue weighted by Gasteiger charge is 2.16. The molecule has 7 heteroatoms. The fraction of sp³-hybridized carbons (Fsp3) is 0.174. The van der Waals surface area contributed by atoms with Gasteiger partial charge in [0.25, 0.3) is 5.91 Å². The van der Waals surface area contributed by atoms with Gasteiger partial charge in [0.1, 0.15) is 5.82 Å². The Kier molecular flexibility index (Phi) is 5.13. The smallest absolute Gasteiger partial charge is 0.257 e. The van der Waals surface area contributed by atoms with E-state index in [9.17, 15) is 4.79 Å². The van der Waals surface area contributed by atoms with Crippen LogP contribution in [-0.2, 0) is 4.74 Å². The third kappa shape index (κ3) is 3.77. The molecule has 1 aliphatic heterocycles. The average Bonchev–Trinajstić information content (AvgIpc) is 3.34. The Balaban J connectivity index is 1.43. The number of nitrogens with zero attached hydrogens (tertiary/aromatic N) is 3. The Labute approximate surface area is 178 Å². The van der Waals surface area contributed by atoms with Crippen molar-refractivity contribution in [1.29, 1.82) is 0 Å². The molecule has 1 fully saturated rings. The van der Waals surface area contributed by atoms with E-state index in [1.807, 2.05) is 60.0 Å². The minimum Gasteiger partial charge on any atom is -0.378 e. The molecule has 4 aromatic rings. The second-order valence-corrected chi connectivity index (χ2v) is 7.95. The number of carbonyl (C=O) groups is 1. The van der Waals surface area contributed by atoms with Crippen LogP contribution in [0.4, 0.5) is 11.5 Å². The summed E-state index contributed by atoms with van der Waals surface area (Å²) in [5.74, 6) is 0.327. The Hall–Kier alpha value is -3.29. The molecule has 5 rings (SSSR count). The number of morpholine rings is 1. The van der Waals surface area contributed by atoms with E-state index in [-0.39, 0.29) is 5.91 Å². The van der Waals surface area contributed by atoms with Gasteiger partial charge in [-0.1, -0.05) is 24.3 Å². The molecular weight excluding hydrogens is 396 g/mol. The van der Waals surface area contributed by atoms with Crippen LogP contribution in [0.1, 0.15) is 10.4 Å². The predicted molar refractivity (Wildman–Crippen MR) is 120 cm³/mol. The number of thiophene rings is 1. The lowest BCUT2D eigenvalue weighted by Crippen LogP contribution is -2.36. The summed E-state index contributed by atoms with van der Waals surface area (Å²) in [4.78, 5) is 25.6. The lowest BCUT2D eigenvalue weighted by molar-refractivity contribution is 0.102. The first kappa shape index (κ1) is 18.7. The summed E-state index contributed by atoms with van der Waals surface area (Å²) in [6, 6.07) is 17.4. The summed E-state index contributed by atoms with van der Waals surface area (Å²) in [5, 5.41) is 5.76. The zero-order valence-electron chi connectivity index (χ0n) is 16.2. The number of ether oxygens (including phenoxy) is 1. The van der Waals surface area contributed by atoms with E-state index >= 15 is 0 Å². The first-order chi connectivity index (χ1) is 14.8. The Morgan fingerprint density at radius 2 is 1.93 bits per heavy atom. The molecule has 150 valence electrons. The second kappa shape index (κ2) is 8.22. The molecule has 4 heterocycles. The summed E-state index contributed by atoms with van der Waals surface area (Å²) in [6.45, 7) is 3.14. The molecule has 0 spiro atoms. The summed E-state index contributed by atoms with van der Waals surface area (Å²) in [7, 11) is 0. The van der Waals surface area contributed by atoms with Crippen LogP contribution in [0.2, 0.25) is 0 Å². The maximum absolute atomic E-state index is 13.1. The molecule has 0 unspecified atom stereocenters. The number of pyridine rings is 2. The van der Waals surface area contributed by atoms with E-state index in [4.69, 9.17) is 9.72 Å². The highest BCUT2D eigenvalue weighted by Crippen LogP contribution is 2.28. The van der Waals surface area contributed by atoms with Crippen molar-refractivity contribution in [2.75, 3.05) is 36.5 Å². The van der Waals surface area contributed by atoms with Crippen molar-refractivity contribution in [1.82, 2.24) is 9.97 Å². The zero-order chi connectivity index (χ0) is 20.3. The second-order valence-electron chi connectivity index (χ2n) is 7.00. The summed E-state index contributed by atoms with van der Waals surface area (Å²) in [6.07, 6.45) is 1.79. The minimum atomic E-state index is -0.196. The van der Waals surface area contributed by atoms with Gasteiger partial charge in [-0.15, -0.1) is 11.3 Å². The van der Waals surface area contributed by atoms with Crippen LogP contribution < -0.4 is 10.2 Å². The van der Waals surface area contributed by atoms with Crippen LogP contribution in [0.3, 0.4) is 0 Å². The Morgan fingerprint density at radius 1 is 1.07 bits per heavy atom. The van der Waals surface area contributed by atoms with Crippen LogP contribution >= 0.6 is 11.3 Å². The van der Waals surface area contributed by atoms with Crippen molar-refractivity contribution < 1.29 is 9.53 Å². The Morgan fingerprint density at radius 3 is 2.70 bits per heavy atom. The van der Waals surface area contributed by atoms with Gasteiger partial charge in [-0.3, -0.25) is 4.79 Å². The molecule has 1 saturated heterocycles. The number of nitrogens with one attached hydrogen (secondary N) is 1. The van der Waals surface area contributed by atoms with Gasteiger partial charge in [0.15, 0.2) is 0 Å². The number of rotatable bonds is 4. The maximum atomic E-state index is 13.1. The molecule has 30 heavy (non-hydrogen) atoms. The fourth-order valence-electron chi connectivity index (χ4n) is 3.57. The lowest BCUT2D eigenvalue weighted by Gasteiger charge is -2.28. The maximum Gasteiger partial charge on any atom is 0.257 e. The van der Waals surface area contributed by atoms with E-state index in [1.165, 1.54) is 0 Å². The third-order valence-electron chi connectivity index (χ3n) is 5.10. The number of carbonyl (C=O) groups excluding carboxylic acids is 1. The van der Waals surface area contributed by atoms with Gasteiger partial charge in [0.2, 0.25) is 0 Å². The van der Waals surface area contributed by atoms with Crippen LogP contribution in [0.15, 0.2) is 66.2 Å². The van der Waals surface area contributed by atoms with E-state index < -0.39 is 0 Å². The molecule has 0 bridgehead atoms. The highest BCUT2D eigenvalue weighted by atomic mass is 32.1. The van der Waals surface area contributed by atoms with Gasteiger partial charge in [-0.2, -0.15) is 0 Å². The van der Waals surface area contributed by atoms with Gasteiger partial charge in [0.05, 0.1) is 46.7 Å². The molecule has 0 radical (unpaired) electrons. The number of amides is 1. The van der Waals surface area contributed by atoms with Crippen molar-refractivity contribution in [3.8, 4) is 10.6 Å². The summed E-state index contributed by atoms with van der Waals surface area (Å²) in [5.41, 5.74) is 3.21. The largest absolute Gasteiger partial charge is 0.378 e. The van der Waals surface area contributed by atoms with E-state index in [0.29, 0.717) is 11.4 Å². The van der Waals surface area contributed by atoms with Gasteiger partial charge < -0.3 is 15.0 Å².